The molecule has 1 aromatic heterocycles. The van der Waals surface area contributed by atoms with Gasteiger partial charge in [-0.2, -0.15) is 0 Å². The largest absolute Gasteiger partial charge is 0.372 e. The zero-order valence-electron chi connectivity index (χ0n) is 15.0. The van der Waals surface area contributed by atoms with Crippen molar-refractivity contribution < 1.29 is 9.53 Å². The number of hydrogen-bond acceptors (Lipinski definition) is 3. The summed E-state index contributed by atoms with van der Waals surface area (Å²) in [6.07, 6.45) is -0.0420. The van der Waals surface area contributed by atoms with Crippen LogP contribution in [0.15, 0.2) is 35.1 Å². The SMILES string of the molecule is Cc1c(NC(=O)N2C[C@H](C)O[C@@H](C)C2)c(=O)n(-c2ccccc2)n1C. The maximum Gasteiger partial charge on any atom is 0.322 e. The van der Waals surface area contributed by atoms with Gasteiger partial charge in [0.25, 0.3) is 5.56 Å². The fourth-order valence-electron chi connectivity index (χ4n) is 3.24. The lowest BCUT2D eigenvalue weighted by Crippen LogP contribution is -2.50. The minimum Gasteiger partial charge on any atom is -0.372 e. The zero-order valence-corrected chi connectivity index (χ0v) is 15.0. The van der Waals surface area contributed by atoms with E-state index in [0.717, 1.165) is 5.69 Å². The fourth-order valence-corrected chi connectivity index (χ4v) is 3.24. The summed E-state index contributed by atoms with van der Waals surface area (Å²) in [6, 6.07) is 9.09. The van der Waals surface area contributed by atoms with E-state index in [9.17, 15) is 9.59 Å². The molecule has 7 nitrogen and oxygen atoms in total. The summed E-state index contributed by atoms with van der Waals surface area (Å²) >= 11 is 0. The van der Waals surface area contributed by atoms with Gasteiger partial charge in [-0.25, -0.2) is 9.48 Å². The summed E-state index contributed by atoms with van der Waals surface area (Å²) in [4.78, 5) is 27.2. The highest BCUT2D eigenvalue weighted by molar-refractivity contribution is 5.90. The van der Waals surface area contributed by atoms with Crippen LogP contribution < -0.4 is 10.9 Å². The third kappa shape index (κ3) is 3.32. The second-order valence-corrected chi connectivity index (χ2v) is 6.53. The Labute approximate surface area is 146 Å². The highest BCUT2D eigenvalue weighted by atomic mass is 16.5. The van der Waals surface area contributed by atoms with Crippen LogP contribution in [0.2, 0.25) is 0 Å². The van der Waals surface area contributed by atoms with E-state index in [0.29, 0.717) is 24.5 Å². The predicted octanol–water partition coefficient (Wildman–Crippen LogP) is 2.13. The number of carbonyl (C=O) groups excluding carboxylic acids is 1. The Morgan fingerprint density at radius 1 is 1.16 bits per heavy atom. The molecule has 1 saturated heterocycles. The molecule has 0 radical (unpaired) electrons. The molecule has 2 aromatic rings. The van der Waals surface area contributed by atoms with Crippen LogP contribution in [0.1, 0.15) is 19.5 Å². The van der Waals surface area contributed by atoms with Crippen LogP contribution in [0.3, 0.4) is 0 Å². The number of aromatic nitrogens is 2. The van der Waals surface area contributed by atoms with Crippen molar-refractivity contribution in [3.05, 3.63) is 46.4 Å². The lowest BCUT2D eigenvalue weighted by atomic mass is 10.2. The van der Waals surface area contributed by atoms with Gasteiger partial charge in [-0.1, -0.05) is 18.2 Å². The number of anilines is 1. The molecule has 2 amide bonds. The molecule has 134 valence electrons. The summed E-state index contributed by atoms with van der Waals surface area (Å²) < 4.78 is 8.95. The second kappa shape index (κ2) is 6.76. The van der Waals surface area contributed by atoms with Gasteiger partial charge < -0.3 is 15.0 Å². The van der Waals surface area contributed by atoms with Gasteiger partial charge in [-0.05, 0) is 32.9 Å². The van der Waals surface area contributed by atoms with Gasteiger partial charge in [0.05, 0.1) is 23.6 Å². The Morgan fingerprint density at radius 3 is 2.36 bits per heavy atom. The number of rotatable bonds is 2. The van der Waals surface area contributed by atoms with E-state index < -0.39 is 0 Å². The molecule has 0 aliphatic carbocycles. The lowest BCUT2D eigenvalue weighted by Gasteiger charge is -2.35. The van der Waals surface area contributed by atoms with Crippen LogP contribution in [-0.4, -0.2) is 45.6 Å². The number of amides is 2. The molecule has 1 N–H and O–H groups in total. The molecular weight excluding hydrogens is 320 g/mol. The van der Waals surface area contributed by atoms with Crippen molar-refractivity contribution in [3.63, 3.8) is 0 Å². The summed E-state index contributed by atoms with van der Waals surface area (Å²) in [5, 5.41) is 2.80. The molecule has 1 aromatic carbocycles. The average molecular weight is 344 g/mol. The van der Waals surface area contributed by atoms with Crippen molar-refractivity contribution in [3.8, 4) is 5.69 Å². The third-order valence-electron chi connectivity index (χ3n) is 4.49. The van der Waals surface area contributed by atoms with Crippen LogP contribution in [0.4, 0.5) is 10.5 Å². The number of ether oxygens (including phenoxy) is 1. The number of nitrogens with zero attached hydrogens (tertiary/aromatic N) is 3. The van der Waals surface area contributed by atoms with E-state index in [1.807, 2.05) is 51.1 Å². The van der Waals surface area contributed by atoms with Crippen molar-refractivity contribution in [1.82, 2.24) is 14.3 Å². The summed E-state index contributed by atoms with van der Waals surface area (Å²) in [5.74, 6) is 0. The van der Waals surface area contributed by atoms with E-state index in [2.05, 4.69) is 5.32 Å². The molecule has 1 fully saturated rings. The van der Waals surface area contributed by atoms with E-state index in [-0.39, 0.29) is 23.8 Å². The average Bonchev–Trinajstić information content (AvgIpc) is 2.78. The first kappa shape index (κ1) is 17.3. The molecule has 1 aliphatic heterocycles. The topological polar surface area (TPSA) is 68.5 Å². The van der Waals surface area contributed by atoms with Crippen LogP contribution >= 0.6 is 0 Å². The number of benzene rings is 1. The van der Waals surface area contributed by atoms with Gasteiger partial charge in [0, 0.05) is 20.1 Å². The number of carbonyl (C=O) groups is 1. The molecule has 0 spiro atoms. The van der Waals surface area contributed by atoms with E-state index in [1.54, 1.807) is 21.3 Å². The van der Waals surface area contributed by atoms with Crippen molar-refractivity contribution in [2.75, 3.05) is 18.4 Å². The first-order valence-electron chi connectivity index (χ1n) is 8.44. The van der Waals surface area contributed by atoms with Crippen LogP contribution in [0.5, 0.6) is 0 Å². The molecule has 0 bridgehead atoms. The Hall–Kier alpha value is -2.54. The van der Waals surface area contributed by atoms with Gasteiger partial charge in [-0.3, -0.25) is 9.48 Å². The van der Waals surface area contributed by atoms with E-state index in [1.165, 1.54) is 0 Å². The molecule has 25 heavy (non-hydrogen) atoms. The van der Waals surface area contributed by atoms with E-state index in [4.69, 9.17) is 4.74 Å². The first-order chi connectivity index (χ1) is 11.9. The van der Waals surface area contributed by atoms with Crippen LogP contribution in [0.25, 0.3) is 5.69 Å². The minimum absolute atomic E-state index is 0.0210. The second-order valence-electron chi connectivity index (χ2n) is 6.53. The first-order valence-corrected chi connectivity index (χ1v) is 8.44. The molecular formula is C18H24N4O3. The van der Waals surface area contributed by atoms with E-state index >= 15 is 0 Å². The zero-order chi connectivity index (χ0) is 18.1. The van der Waals surface area contributed by atoms with Crippen LogP contribution in [0, 0.1) is 6.92 Å². The predicted molar refractivity (Wildman–Crippen MR) is 96.3 cm³/mol. The van der Waals surface area contributed by atoms with Crippen LogP contribution in [-0.2, 0) is 11.8 Å². The van der Waals surface area contributed by atoms with Crippen molar-refractivity contribution in [1.29, 1.82) is 0 Å². The number of para-hydroxylation sites is 1. The van der Waals surface area contributed by atoms with Gasteiger partial charge in [-0.15, -0.1) is 0 Å². The molecule has 0 saturated carbocycles. The van der Waals surface area contributed by atoms with Gasteiger partial charge in [0.1, 0.15) is 5.69 Å². The summed E-state index contributed by atoms with van der Waals surface area (Å²) in [7, 11) is 1.80. The molecule has 7 heteroatoms. The summed E-state index contributed by atoms with van der Waals surface area (Å²) in [5.41, 5.74) is 1.53. The Morgan fingerprint density at radius 2 is 1.76 bits per heavy atom. The van der Waals surface area contributed by atoms with Gasteiger partial charge >= 0.3 is 6.03 Å². The van der Waals surface area contributed by atoms with Crippen molar-refractivity contribution >= 4 is 11.7 Å². The number of nitrogens with one attached hydrogen (secondary N) is 1. The molecule has 2 heterocycles. The minimum atomic E-state index is -0.270. The molecule has 0 unspecified atom stereocenters. The summed E-state index contributed by atoms with van der Waals surface area (Å²) in [6.45, 7) is 6.71. The fraction of sp³-hybridized carbons (Fsp3) is 0.444. The Kier molecular flexibility index (Phi) is 4.67. The van der Waals surface area contributed by atoms with Crippen molar-refractivity contribution in [2.24, 2.45) is 7.05 Å². The maximum absolute atomic E-state index is 12.8. The maximum atomic E-state index is 12.8. The third-order valence-corrected chi connectivity index (χ3v) is 4.49. The smallest absolute Gasteiger partial charge is 0.322 e. The molecule has 1 aliphatic rings. The lowest BCUT2D eigenvalue weighted by molar-refractivity contribution is -0.0530. The number of urea groups is 1. The normalized spacial score (nSPS) is 20.6. The monoisotopic (exact) mass is 344 g/mol. The number of hydrogen-bond donors (Lipinski definition) is 1. The molecule has 2 atom stereocenters. The highest BCUT2D eigenvalue weighted by Crippen LogP contribution is 2.16. The molecule has 3 rings (SSSR count). The standard InChI is InChI=1S/C18H24N4O3/c1-12-10-21(11-13(2)25-12)18(24)19-16-14(3)20(4)22(17(16)23)15-8-6-5-7-9-15/h5-9,12-13H,10-11H2,1-4H3,(H,19,24)/t12-,13-/m0/s1. The Bertz CT molecular complexity index is 815. The van der Waals surface area contributed by atoms with Gasteiger partial charge in [0.2, 0.25) is 0 Å². The number of morpholine rings is 1. The van der Waals surface area contributed by atoms with Crippen molar-refractivity contribution in [2.45, 2.75) is 33.0 Å². The quantitative estimate of drug-likeness (QED) is 0.907. The highest BCUT2D eigenvalue weighted by Gasteiger charge is 2.27. The Balaban J connectivity index is 1.89. The van der Waals surface area contributed by atoms with Gasteiger partial charge in [0.15, 0.2) is 0 Å².